The van der Waals surface area contributed by atoms with Crippen molar-refractivity contribution in [3.05, 3.63) is 69.7 Å². The average molecular weight is 340 g/mol. The minimum atomic E-state index is -0.254. The van der Waals surface area contributed by atoms with E-state index >= 15 is 0 Å². The van der Waals surface area contributed by atoms with Gasteiger partial charge in [0.25, 0.3) is 0 Å². The topological polar surface area (TPSA) is 26.0 Å². The summed E-state index contributed by atoms with van der Waals surface area (Å²) in [6, 6.07) is 11.3. The Balaban J connectivity index is 2.08. The van der Waals surface area contributed by atoms with Gasteiger partial charge in [0.1, 0.15) is 11.6 Å². The van der Waals surface area contributed by atoms with Crippen LogP contribution in [-0.2, 0) is 12.8 Å². The van der Waals surface area contributed by atoms with E-state index in [1.165, 1.54) is 18.2 Å². The molecule has 0 fully saturated rings. The Morgan fingerprint density at radius 1 is 1.00 bits per heavy atom. The Labute approximate surface area is 125 Å². The van der Waals surface area contributed by atoms with Crippen molar-refractivity contribution in [2.24, 2.45) is 11.7 Å². The molecule has 20 heavy (non-hydrogen) atoms. The number of nitrogens with two attached hydrogens (primary N) is 1. The maximum atomic E-state index is 13.7. The average Bonchev–Trinajstić information content (AvgIpc) is 2.44. The lowest BCUT2D eigenvalue weighted by molar-refractivity contribution is 0.511. The van der Waals surface area contributed by atoms with Gasteiger partial charge < -0.3 is 5.73 Å². The number of hydrogen-bond donors (Lipinski definition) is 1. The standard InChI is InChI=1S/C16H16BrF2N/c17-14-3-6-16(19)13(9-14)8-12(10-20)7-11-1-4-15(18)5-2-11/h1-6,9,12H,7-8,10,20H2. The third kappa shape index (κ3) is 4.12. The van der Waals surface area contributed by atoms with Crippen LogP contribution in [0.25, 0.3) is 0 Å². The zero-order valence-electron chi connectivity index (χ0n) is 11.0. The molecule has 0 aromatic heterocycles. The Bertz CT molecular complexity index is 569. The number of halogens is 3. The Hall–Kier alpha value is -1.26. The maximum Gasteiger partial charge on any atom is 0.126 e. The molecule has 2 rings (SSSR count). The molecule has 0 amide bonds. The van der Waals surface area contributed by atoms with Crippen LogP contribution < -0.4 is 5.73 Å². The van der Waals surface area contributed by atoms with Crippen LogP contribution in [0.1, 0.15) is 11.1 Å². The number of benzene rings is 2. The molecule has 0 aliphatic heterocycles. The summed E-state index contributed by atoms with van der Waals surface area (Å²) in [5.74, 6) is -0.342. The highest BCUT2D eigenvalue weighted by Crippen LogP contribution is 2.20. The molecule has 0 aliphatic carbocycles. The van der Waals surface area contributed by atoms with Gasteiger partial charge in [-0.25, -0.2) is 8.78 Å². The van der Waals surface area contributed by atoms with Gasteiger partial charge in [-0.3, -0.25) is 0 Å². The van der Waals surface area contributed by atoms with Crippen LogP contribution in [0.4, 0.5) is 8.78 Å². The molecule has 1 atom stereocenters. The van der Waals surface area contributed by atoms with Crippen molar-refractivity contribution in [3.8, 4) is 0 Å². The summed E-state index contributed by atoms with van der Waals surface area (Å²) in [5, 5.41) is 0. The van der Waals surface area contributed by atoms with Crippen LogP contribution >= 0.6 is 15.9 Å². The smallest absolute Gasteiger partial charge is 0.126 e. The van der Waals surface area contributed by atoms with Crippen molar-refractivity contribution in [2.75, 3.05) is 6.54 Å². The van der Waals surface area contributed by atoms with E-state index in [0.717, 1.165) is 10.0 Å². The van der Waals surface area contributed by atoms with E-state index in [-0.39, 0.29) is 17.6 Å². The van der Waals surface area contributed by atoms with Crippen LogP contribution in [0.5, 0.6) is 0 Å². The minimum absolute atomic E-state index is 0.129. The first-order chi connectivity index (χ1) is 9.58. The largest absolute Gasteiger partial charge is 0.330 e. The molecule has 2 aromatic carbocycles. The molecule has 0 radical (unpaired) electrons. The fourth-order valence-corrected chi connectivity index (χ4v) is 2.61. The highest BCUT2D eigenvalue weighted by Gasteiger charge is 2.12. The Morgan fingerprint density at radius 3 is 2.35 bits per heavy atom. The van der Waals surface area contributed by atoms with E-state index in [0.29, 0.717) is 24.9 Å². The quantitative estimate of drug-likeness (QED) is 0.872. The molecule has 1 unspecified atom stereocenters. The molecule has 2 N–H and O–H groups in total. The lowest BCUT2D eigenvalue weighted by Crippen LogP contribution is -2.20. The van der Waals surface area contributed by atoms with Gasteiger partial charge in [0, 0.05) is 4.47 Å². The van der Waals surface area contributed by atoms with Crippen molar-refractivity contribution < 1.29 is 8.78 Å². The van der Waals surface area contributed by atoms with Crippen LogP contribution in [0, 0.1) is 17.6 Å². The first kappa shape index (κ1) is 15.1. The maximum absolute atomic E-state index is 13.7. The predicted octanol–water partition coefficient (Wildman–Crippen LogP) is 4.09. The van der Waals surface area contributed by atoms with E-state index < -0.39 is 0 Å². The highest BCUT2D eigenvalue weighted by atomic mass is 79.9. The fourth-order valence-electron chi connectivity index (χ4n) is 2.20. The summed E-state index contributed by atoms with van der Waals surface area (Å²) in [6.45, 7) is 0.462. The summed E-state index contributed by atoms with van der Waals surface area (Å²) in [6.07, 6.45) is 1.28. The minimum Gasteiger partial charge on any atom is -0.330 e. The van der Waals surface area contributed by atoms with Gasteiger partial charge >= 0.3 is 0 Å². The van der Waals surface area contributed by atoms with Gasteiger partial charge in [0.2, 0.25) is 0 Å². The molecule has 4 heteroatoms. The first-order valence-electron chi connectivity index (χ1n) is 6.47. The summed E-state index contributed by atoms with van der Waals surface area (Å²) in [4.78, 5) is 0. The van der Waals surface area contributed by atoms with Crippen LogP contribution in [-0.4, -0.2) is 6.54 Å². The second kappa shape index (κ2) is 6.95. The van der Waals surface area contributed by atoms with Crippen LogP contribution in [0.3, 0.4) is 0 Å². The molecule has 0 heterocycles. The van der Waals surface area contributed by atoms with E-state index in [1.54, 1.807) is 24.3 Å². The number of rotatable bonds is 5. The summed E-state index contributed by atoms with van der Waals surface area (Å²) in [7, 11) is 0. The molecule has 1 nitrogen and oxygen atoms in total. The van der Waals surface area contributed by atoms with Crippen molar-refractivity contribution >= 4 is 15.9 Å². The second-order valence-electron chi connectivity index (χ2n) is 4.87. The predicted molar refractivity (Wildman–Crippen MR) is 80.5 cm³/mol. The Morgan fingerprint density at radius 2 is 1.70 bits per heavy atom. The second-order valence-corrected chi connectivity index (χ2v) is 5.79. The monoisotopic (exact) mass is 339 g/mol. The van der Waals surface area contributed by atoms with E-state index in [9.17, 15) is 8.78 Å². The molecule has 2 aromatic rings. The zero-order valence-corrected chi connectivity index (χ0v) is 12.5. The molecule has 106 valence electrons. The van der Waals surface area contributed by atoms with E-state index in [4.69, 9.17) is 5.73 Å². The molecular formula is C16H16BrF2N. The number of hydrogen-bond acceptors (Lipinski definition) is 1. The Kier molecular flexibility index (Phi) is 5.26. The third-order valence-electron chi connectivity index (χ3n) is 3.29. The SMILES string of the molecule is NCC(Cc1ccc(F)cc1)Cc1cc(Br)ccc1F. The normalized spacial score (nSPS) is 12.4. The van der Waals surface area contributed by atoms with Crippen LogP contribution in [0.2, 0.25) is 0 Å². The van der Waals surface area contributed by atoms with Gasteiger partial charge in [0.05, 0.1) is 0 Å². The van der Waals surface area contributed by atoms with Gasteiger partial charge in [-0.2, -0.15) is 0 Å². The molecule has 0 saturated heterocycles. The molecule has 0 aliphatic rings. The van der Waals surface area contributed by atoms with Gasteiger partial charge in [-0.15, -0.1) is 0 Å². The van der Waals surface area contributed by atoms with E-state index in [2.05, 4.69) is 15.9 Å². The van der Waals surface area contributed by atoms with Gasteiger partial charge in [0.15, 0.2) is 0 Å². The fraction of sp³-hybridized carbons (Fsp3) is 0.250. The summed E-state index contributed by atoms with van der Waals surface area (Å²) < 4.78 is 27.5. The molecule has 0 bridgehead atoms. The molecule has 0 spiro atoms. The molecule has 0 saturated carbocycles. The lowest BCUT2D eigenvalue weighted by atomic mass is 9.92. The van der Waals surface area contributed by atoms with Crippen molar-refractivity contribution in [3.63, 3.8) is 0 Å². The van der Waals surface area contributed by atoms with Crippen LogP contribution in [0.15, 0.2) is 46.9 Å². The summed E-state index contributed by atoms with van der Waals surface area (Å²) in [5.41, 5.74) is 7.44. The zero-order chi connectivity index (χ0) is 14.5. The van der Waals surface area contributed by atoms with E-state index in [1.807, 2.05) is 0 Å². The summed E-state index contributed by atoms with van der Waals surface area (Å²) >= 11 is 3.34. The van der Waals surface area contributed by atoms with Gasteiger partial charge in [-0.1, -0.05) is 28.1 Å². The van der Waals surface area contributed by atoms with Crippen molar-refractivity contribution in [1.82, 2.24) is 0 Å². The highest BCUT2D eigenvalue weighted by molar-refractivity contribution is 9.10. The lowest BCUT2D eigenvalue weighted by Gasteiger charge is -2.15. The van der Waals surface area contributed by atoms with Gasteiger partial charge in [-0.05, 0) is 66.8 Å². The molecular weight excluding hydrogens is 324 g/mol. The van der Waals surface area contributed by atoms with Crippen molar-refractivity contribution in [1.29, 1.82) is 0 Å². The third-order valence-corrected chi connectivity index (χ3v) is 3.78. The first-order valence-corrected chi connectivity index (χ1v) is 7.26. The van der Waals surface area contributed by atoms with Crippen molar-refractivity contribution in [2.45, 2.75) is 12.8 Å².